The van der Waals surface area contributed by atoms with Gasteiger partial charge in [0.05, 0.1) is 0 Å². The second kappa shape index (κ2) is 6.10. The van der Waals surface area contributed by atoms with Crippen molar-refractivity contribution in [1.29, 1.82) is 0 Å². The molecule has 2 aliphatic rings. The number of hydrogen-bond acceptors (Lipinski definition) is 3. The Bertz CT molecular complexity index is 561. The van der Waals surface area contributed by atoms with Crippen LogP contribution in [0, 0.1) is 0 Å². The number of unbranched alkanes of at least 4 members (excludes halogenated alkanes) is 2. The molecule has 2 atom stereocenters. The van der Waals surface area contributed by atoms with E-state index in [9.17, 15) is 9.59 Å². The highest BCUT2D eigenvalue weighted by Crippen LogP contribution is 2.47. The van der Waals surface area contributed by atoms with Gasteiger partial charge in [0.1, 0.15) is 11.4 Å². The lowest BCUT2D eigenvalue weighted by atomic mass is 10.1. The monoisotopic (exact) mass is 304 g/mol. The van der Waals surface area contributed by atoms with Gasteiger partial charge in [-0.05, 0) is 18.1 Å². The maximum Gasteiger partial charge on any atom is 0.256 e. The third kappa shape index (κ3) is 2.55. The van der Waals surface area contributed by atoms with Crippen molar-refractivity contribution in [3.05, 3.63) is 35.4 Å². The lowest BCUT2D eigenvalue weighted by Gasteiger charge is -2.22. The number of fused-ring (bicyclic) bond motifs is 3. The van der Waals surface area contributed by atoms with Gasteiger partial charge in [0.25, 0.3) is 5.91 Å². The van der Waals surface area contributed by atoms with E-state index in [4.69, 9.17) is 0 Å². The summed E-state index contributed by atoms with van der Waals surface area (Å²) in [6, 6.07) is 7.35. The average molecular weight is 304 g/mol. The fraction of sp³-hybridized carbons (Fsp3) is 0.500. The second-order valence-electron chi connectivity index (χ2n) is 5.50. The first-order chi connectivity index (χ1) is 10.2. The molecule has 0 bridgehead atoms. The molecule has 2 amide bonds. The Balaban J connectivity index is 1.68. The zero-order chi connectivity index (χ0) is 14.8. The summed E-state index contributed by atoms with van der Waals surface area (Å²) in [5, 5.41) is 2.99. The SMILES string of the molecule is CCCCCNC(=O)[C@@H]1CSC2c3ccccc3C(=O)N21. The molecular weight excluding hydrogens is 284 g/mol. The zero-order valence-electron chi connectivity index (χ0n) is 12.2. The van der Waals surface area contributed by atoms with E-state index in [-0.39, 0.29) is 23.2 Å². The molecule has 1 fully saturated rings. The summed E-state index contributed by atoms with van der Waals surface area (Å²) < 4.78 is 0. The minimum atomic E-state index is -0.332. The normalized spacial score (nSPS) is 23.1. The molecule has 4 nitrogen and oxygen atoms in total. The summed E-state index contributed by atoms with van der Waals surface area (Å²) in [5.74, 6) is 0.668. The van der Waals surface area contributed by atoms with Crippen LogP contribution in [0.25, 0.3) is 0 Å². The lowest BCUT2D eigenvalue weighted by molar-refractivity contribution is -0.124. The van der Waals surface area contributed by atoms with Crippen molar-refractivity contribution in [2.75, 3.05) is 12.3 Å². The molecule has 1 aromatic rings. The summed E-state index contributed by atoms with van der Waals surface area (Å²) in [4.78, 5) is 26.6. The van der Waals surface area contributed by atoms with Crippen molar-refractivity contribution in [3.8, 4) is 0 Å². The fourth-order valence-corrected chi connectivity index (χ4v) is 4.41. The van der Waals surface area contributed by atoms with E-state index in [1.807, 2.05) is 24.3 Å². The zero-order valence-corrected chi connectivity index (χ0v) is 13.0. The molecule has 5 heteroatoms. The van der Waals surface area contributed by atoms with Crippen LogP contribution in [0.2, 0.25) is 0 Å². The van der Waals surface area contributed by atoms with Gasteiger partial charge in [-0.2, -0.15) is 0 Å². The van der Waals surface area contributed by atoms with Crippen LogP contribution in [0.15, 0.2) is 24.3 Å². The number of benzene rings is 1. The molecule has 0 aromatic heterocycles. The number of hydrogen-bond donors (Lipinski definition) is 1. The number of carbonyl (C=O) groups is 2. The van der Waals surface area contributed by atoms with Gasteiger partial charge >= 0.3 is 0 Å². The third-order valence-electron chi connectivity index (χ3n) is 4.07. The predicted molar refractivity (Wildman–Crippen MR) is 84.1 cm³/mol. The third-order valence-corrected chi connectivity index (χ3v) is 5.38. The Morgan fingerprint density at radius 2 is 2.19 bits per heavy atom. The lowest BCUT2D eigenvalue weighted by Crippen LogP contribution is -2.46. The van der Waals surface area contributed by atoms with Crippen molar-refractivity contribution < 1.29 is 9.59 Å². The summed E-state index contributed by atoms with van der Waals surface area (Å²) in [7, 11) is 0. The second-order valence-corrected chi connectivity index (χ2v) is 6.61. The van der Waals surface area contributed by atoms with Gasteiger partial charge < -0.3 is 10.2 Å². The Kier molecular flexibility index (Phi) is 4.19. The van der Waals surface area contributed by atoms with Crippen LogP contribution in [0.3, 0.4) is 0 Å². The molecule has 2 heterocycles. The van der Waals surface area contributed by atoms with Crippen LogP contribution in [0.4, 0.5) is 0 Å². The van der Waals surface area contributed by atoms with Crippen LogP contribution in [0.1, 0.15) is 47.5 Å². The van der Waals surface area contributed by atoms with Gasteiger partial charge in [0, 0.05) is 17.9 Å². The Labute approximate surface area is 129 Å². The molecule has 21 heavy (non-hydrogen) atoms. The van der Waals surface area contributed by atoms with E-state index >= 15 is 0 Å². The molecule has 0 saturated carbocycles. The first-order valence-electron chi connectivity index (χ1n) is 7.55. The Morgan fingerprint density at radius 3 is 3.00 bits per heavy atom. The van der Waals surface area contributed by atoms with E-state index in [0.29, 0.717) is 12.3 Å². The van der Waals surface area contributed by atoms with E-state index < -0.39 is 0 Å². The van der Waals surface area contributed by atoms with Crippen LogP contribution >= 0.6 is 11.8 Å². The quantitative estimate of drug-likeness (QED) is 0.851. The molecule has 1 unspecified atom stereocenters. The topological polar surface area (TPSA) is 49.4 Å². The summed E-state index contributed by atoms with van der Waals surface area (Å²) in [6.45, 7) is 2.84. The first-order valence-corrected chi connectivity index (χ1v) is 8.59. The van der Waals surface area contributed by atoms with Crippen molar-refractivity contribution in [3.63, 3.8) is 0 Å². The highest BCUT2D eigenvalue weighted by Gasteiger charge is 2.48. The molecule has 3 rings (SSSR count). The van der Waals surface area contributed by atoms with Crippen molar-refractivity contribution in [2.45, 2.75) is 37.6 Å². The minimum Gasteiger partial charge on any atom is -0.354 e. The van der Waals surface area contributed by atoms with E-state index in [1.54, 1.807) is 16.7 Å². The molecule has 0 radical (unpaired) electrons. The maximum atomic E-state index is 12.5. The van der Waals surface area contributed by atoms with Crippen molar-refractivity contribution in [2.24, 2.45) is 0 Å². The smallest absolute Gasteiger partial charge is 0.256 e. The first kappa shape index (κ1) is 14.4. The highest BCUT2D eigenvalue weighted by molar-refractivity contribution is 7.99. The van der Waals surface area contributed by atoms with Gasteiger partial charge in [0.15, 0.2) is 0 Å². The van der Waals surface area contributed by atoms with Gasteiger partial charge in [-0.1, -0.05) is 38.0 Å². The molecule has 0 spiro atoms. The minimum absolute atomic E-state index is 0.00527. The van der Waals surface area contributed by atoms with E-state index in [1.165, 1.54) is 0 Å². The Morgan fingerprint density at radius 1 is 1.38 bits per heavy atom. The number of thioether (sulfide) groups is 1. The summed E-state index contributed by atoms with van der Waals surface area (Å²) in [6.07, 6.45) is 3.26. The van der Waals surface area contributed by atoms with Crippen molar-refractivity contribution >= 4 is 23.6 Å². The number of amides is 2. The van der Waals surface area contributed by atoms with Crippen LogP contribution in [-0.2, 0) is 4.79 Å². The molecule has 1 saturated heterocycles. The number of carbonyl (C=O) groups excluding carboxylic acids is 2. The number of rotatable bonds is 5. The molecule has 1 aromatic carbocycles. The fourth-order valence-electron chi connectivity index (χ4n) is 2.95. The van der Waals surface area contributed by atoms with Gasteiger partial charge in [-0.25, -0.2) is 0 Å². The molecule has 1 N–H and O–H groups in total. The standard InChI is InChI=1S/C16H20N2O2S/c1-2-3-6-9-17-14(19)13-10-21-16-12-8-5-4-7-11(12)15(20)18(13)16/h4-5,7-8,13,16H,2-3,6,9-10H2,1H3,(H,17,19)/t13-,16?/m0/s1. The van der Waals surface area contributed by atoms with Crippen molar-refractivity contribution in [1.82, 2.24) is 10.2 Å². The summed E-state index contributed by atoms with van der Waals surface area (Å²) >= 11 is 1.68. The highest BCUT2D eigenvalue weighted by atomic mass is 32.2. The maximum absolute atomic E-state index is 12.5. The number of nitrogens with one attached hydrogen (secondary N) is 1. The Hall–Kier alpha value is -1.49. The van der Waals surface area contributed by atoms with Gasteiger partial charge in [-0.3, -0.25) is 9.59 Å². The largest absolute Gasteiger partial charge is 0.354 e. The van der Waals surface area contributed by atoms with Crippen LogP contribution in [0.5, 0.6) is 0 Å². The molecule has 112 valence electrons. The molecule has 0 aliphatic carbocycles. The number of nitrogens with zero attached hydrogens (tertiary/aromatic N) is 1. The van der Waals surface area contributed by atoms with Crippen LogP contribution < -0.4 is 5.32 Å². The predicted octanol–water partition coefficient (Wildman–Crippen LogP) is 2.56. The van der Waals surface area contributed by atoms with E-state index in [0.717, 1.165) is 30.4 Å². The molecular formula is C16H20N2O2S. The summed E-state index contributed by atoms with van der Waals surface area (Å²) in [5.41, 5.74) is 1.80. The van der Waals surface area contributed by atoms with Gasteiger partial charge in [-0.15, -0.1) is 11.8 Å². The average Bonchev–Trinajstić information content (AvgIpc) is 3.05. The van der Waals surface area contributed by atoms with Gasteiger partial charge in [0.2, 0.25) is 5.91 Å². The van der Waals surface area contributed by atoms with E-state index in [2.05, 4.69) is 12.2 Å². The molecule has 2 aliphatic heterocycles. The van der Waals surface area contributed by atoms with Crippen LogP contribution in [-0.4, -0.2) is 35.1 Å².